The van der Waals surface area contributed by atoms with E-state index < -0.39 is 5.91 Å². The van der Waals surface area contributed by atoms with E-state index in [4.69, 9.17) is 25.4 Å². The highest BCUT2D eigenvalue weighted by atomic mass is 32.1. The molecule has 0 radical (unpaired) electrons. The number of carbonyl (C=O) groups is 2. The fourth-order valence-corrected chi connectivity index (χ4v) is 6.28. The Bertz CT molecular complexity index is 1510. The average molecular weight is 535 g/mol. The third-order valence-electron chi connectivity index (χ3n) is 6.97. The van der Waals surface area contributed by atoms with Gasteiger partial charge < -0.3 is 20.3 Å². The van der Waals surface area contributed by atoms with E-state index in [1.807, 2.05) is 18.2 Å². The molecule has 0 unspecified atom stereocenters. The van der Waals surface area contributed by atoms with Crippen LogP contribution in [0.2, 0.25) is 0 Å². The van der Waals surface area contributed by atoms with E-state index in [0.29, 0.717) is 38.8 Å². The van der Waals surface area contributed by atoms with Crippen molar-refractivity contribution in [3.05, 3.63) is 41.0 Å². The lowest BCUT2D eigenvalue weighted by atomic mass is 10.2. The van der Waals surface area contributed by atoms with Crippen molar-refractivity contribution in [1.29, 1.82) is 0 Å². The van der Waals surface area contributed by atoms with Crippen molar-refractivity contribution in [2.45, 2.75) is 19.9 Å². The number of amides is 2. The van der Waals surface area contributed by atoms with Gasteiger partial charge in [0.2, 0.25) is 17.8 Å². The normalized spacial score (nSPS) is 17.1. The van der Waals surface area contributed by atoms with Crippen molar-refractivity contribution in [3.8, 4) is 5.95 Å². The van der Waals surface area contributed by atoms with Gasteiger partial charge >= 0.3 is 0 Å². The number of anilines is 1. The molecule has 11 nitrogen and oxygen atoms in total. The van der Waals surface area contributed by atoms with Crippen LogP contribution in [0.4, 0.5) is 5.82 Å². The number of rotatable bonds is 7. The summed E-state index contributed by atoms with van der Waals surface area (Å²) in [7, 11) is 0. The Kier molecular flexibility index (Phi) is 6.68. The van der Waals surface area contributed by atoms with Gasteiger partial charge in [0.15, 0.2) is 5.82 Å². The summed E-state index contributed by atoms with van der Waals surface area (Å²) >= 11 is 1.67. The average Bonchev–Trinajstić information content (AvgIpc) is 3.50. The molecule has 0 atom stereocenters. The summed E-state index contributed by atoms with van der Waals surface area (Å²) < 4.78 is 8.71. The van der Waals surface area contributed by atoms with Crippen LogP contribution in [0.25, 0.3) is 27.2 Å². The van der Waals surface area contributed by atoms with E-state index in [-0.39, 0.29) is 19.0 Å². The minimum Gasteiger partial charge on any atom is -0.378 e. The second kappa shape index (κ2) is 10.3. The molecule has 198 valence electrons. The predicted octanol–water partition coefficient (Wildman–Crippen LogP) is 1.56. The van der Waals surface area contributed by atoms with Gasteiger partial charge in [0.25, 0.3) is 0 Å². The van der Waals surface area contributed by atoms with Crippen LogP contribution in [0.3, 0.4) is 0 Å². The molecular weight excluding hydrogens is 504 g/mol. The molecule has 0 saturated carbocycles. The third-order valence-corrected chi connectivity index (χ3v) is 8.08. The molecule has 2 N–H and O–H groups in total. The Labute approximate surface area is 223 Å². The van der Waals surface area contributed by atoms with Crippen LogP contribution in [0.15, 0.2) is 30.3 Å². The molecule has 0 bridgehead atoms. The first kappa shape index (κ1) is 24.7. The van der Waals surface area contributed by atoms with Crippen LogP contribution in [-0.4, -0.2) is 93.6 Å². The molecule has 2 fully saturated rings. The Morgan fingerprint density at radius 2 is 1.89 bits per heavy atom. The summed E-state index contributed by atoms with van der Waals surface area (Å²) in [4.78, 5) is 45.8. The zero-order valence-corrected chi connectivity index (χ0v) is 22.1. The number of piperazine rings is 1. The van der Waals surface area contributed by atoms with Crippen LogP contribution in [0.5, 0.6) is 0 Å². The first-order chi connectivity index (χ1) is 18.5. The molecule has 2 aliphatic heterocycles. The maximum atomic E-state index is 12.5. The number of para-hydroxylation sites is 2. The fourth-order valence-electron chi connectivity index (χ4n) is 5.12. The van der Waals surface area contributed by atoms with Crippen LogP contribution in [-0.2, 0) is 27.3 Å². The zero-order chi connectivity index (χ0) is 26.2. The van der Waals surface area contributed by atoms with Gasteiger partial charge in [-0.2, -0.15) is 4.98 Å². The van der Waals surface area contributed by atoms with Gasteiger partial charge in [-0.1, -0.05) is 19.1 Å². The topological polar surface area (TPSA) is 123 Å². The molecule has 3 aromatic heterocycles. The number of hydrogen-bond donors (Lipinski definition) is 1. The summed E-state index contributed by atoms with van der Waals surface area (Å²) in [5.74, 6) is 1.88. The summed E-state index contributed by atoms with van der Waals surface area (Å²) in [6.45, 7) is 6.96. The van der Waals surface area contributed by atoms with Gasteiger partial charge in [-0.3, -0.25) is 19.1 Å². The van der Waals surface area contributed by atoms with E-state index in [0.717, 1.165) is 57.3 Å². The highest BCUT2D eigenvalue weighted by Gasteiger charge is 2.27. The van der Waals surface area contributed by atoms with Crippen molar-refractivity contribution in [1.82, 2.24) is 29.3 Å². The van der Waals surface area contributed by atoms with Crippen molar-refractivity contribution in [2.75, 3.05) is 57.4 Å². The number of nitrogens with two attached hydrogens (primary N) is 1. The largest absolute Gasteiger partial charge is 0.378 e. The summed E-state index contributed by atoms with van der Waals surface area (Å²) in [6.07, 6.45) is 0.758. The second-order valence-corrected chi connectivity index (χ2v) is 10.7. The number of imidazole rings is 1. The van der Waals surface area contributed by atoms with Crippen LogP contribution in [0, 0.1) is 0 Å². The number of ether oxygens (including phenoxy) is 1. The maximum absolute atomic E-state index is 12.5. The number of aryl methyl sites for hydroxylation is 1. The lowest BCUT2D eigenvalue weighted by molar-refractivity contribution is -0.139. The molecule has 6 rings (SSSR count). The standard InChI is InChI=1S/C26H30N8O3S/c1-2-22-28-18-5-3-4-6-20(18)34(22)26-29-19-13-17(14-31-7-8-33(15-21(27)35)23(36)16-31)38-24(19)25(30-26)32-9-11-37-12-10-32/h3-6,13H,2,7-12,14-16H2,1H3,(H2,27,35). The Balaban J connectivity index is 1.37. The lowest BCUT2D eigenvalue weighted by Crippen LogP contribution is -2.52. The molecule has 0 aliphatic carbocycles. The van der Waals surface area contributed by atoms with Gasteiger partial charge in [-0.05, 0) is 18.2 Å². The van der Waals surface area contributed by atoms with Gasteiger partial charge in [-0.25, -0.2) is 9.97 Å². The summed E-state index contributed by atoms with van der Waals surface area (Å²) in [6, 6.07) is 10.2. The number of benzene rings is 1. The smallest absolute Gasteiger partial charge is 0.238 e. The number of morpholine rings is 1. The number of nitrogens with zero attached hydrogens (tertiary/aromatic N) is 7. The second-order valence-electron chi connectivity index (χ2n) is 9.57. The molecule has 4 aromatic rings. The van der Waals surface area contributed by atoms with E-state index in [1.165, 1.54) is 4.90 Å². The molecule has 5 heterocycles. The van der Waals surface area contributed by atoms with E-state index in [9.17, 15) is 9.59 Å². The highest BCUT2D eigenvalue weighted by Crippen LogP contribution is 2.35. The fraction of sp³-hybridized carbons (Fsp3) is 0.423. The van der Waals surface area contributed by atoms with E-state index in [1.54, 1.807) is 11.3 Å². The third kappa shape index (κ3) is 4.70. The molecule has 2 amide bonds. The van der Waals surface area contributed by atoms with Gasteiger partial charge in [0.05, 0.1) is 47.6 Å². The number of hydrogen-bond acceptors (Lipinski definition) is 9. The number of primary amides is 1. The molecule has 2 saturated heterocycles. The molecular formula is C26H30N8O3S. The summed E-state index contributed by atoms with van der Waals surface area (Å²) in [5.41, 5.74) is 8.08. The molecule has 1 aromatic carbocycles. The Hall–Kier alpha value is -3.61. The number of thiophene rings is 1. The number of aromatic nitrogens is 4. The highest BCUT2D eigenvalue weighted by molar-refractivity contribution is 7.19. The van der Waals surface area contributed by atoms with Crippen LogP contribution >= 0.6 is 11.3 Å². The molecule has 0 spiro atoms. The summed E-state index contributed by atoms with van der Waals surface area (Å²) in [5, 5.41) is 0. The maximum Gasteiger partial charge on any atom is 0.238 e. The van der Waals surface area contributed by atoms with Gasteiger partial charge in [0, 0.05) is 44.0 Å². The Morgan fingerprint density at radius 3 is 2.66 bits per heavy atom. The number of carbonyl (C=O) groups excluding carboxylic acids is 2. The Morgan fingerprint density at radius 1 is 1.08 bits per heavy atom. The SMILES string of the molecule is CCc1nc2ccccc2n1-c1nc(N2CCOCC2)c2sc(CN3CCN(CC(N)=O)C(=O)C3)cc2n1. The van der Waals surface area contributed by atoms with Gasteiger partial charge in [-0.15, -0.1) is 11.3 Å². The van der Waals surface area contributed by atoms with Crippen molar-refractivity contribution in [2.24, 2.45) is 5.73 Å². The lowest BCUT2D eigenvalue weighted by Gasteiger charge is -2.33. The molecule has 2 aliphatic rings. The predicted molar refractivity (Wildman–Crippen MR) is 146 cm³/mol. The monoisotopic (exact) mass is 534 g/mol. The van der Waals surface area contributed by atoms with Crippen molar-refractivity contribution in [3.63, 3.8) is 0 Å². The minimum absolute atomic E-state index is 0.0283. The van der Waals surface area contributed by atoms with Crippen LogP contribution in [0.1, 0.15) is 17.6 Å². The minimum atomic E-state index is -0.488. The molecule has 12 heteroatoms. The van der Waals surface area contributed by atoms with Crippen molar-refractivity contribution >= 4 is 50.2 Å². The zero-order valence-electron chi connectivity index (χ0n) is 21.3. The number of fused-ring (bicyclic) bond motifs is 2. The first-order valence-electron chi connectivity index (χ1n) is 12.9. The van der Waals surface area contributed by atoms with Crippen molar-refractivity contribution < 1.29 is 14.3 Å². The van der Waals surface area contributed by atoms with Gasteiger partial charge in [0.1, 0.15) is 5.82 Å². The van der Waals surface area contributed by atoms with E-state index in [2.05, 4.69) is 33.4 Å². The van der Waals surface area contributed by atoms with Crippen LogP contribution < -0.4 is 10.6 Å². The van der Waals surface area contributed by atoms with E-state index >= 15 is 0 Å². The molecule has 38 heavy (non-hydrogen) atoms. The first-order valence-corrected chi connectivity index (χ1v) is 13.7. The quantitative estimate of drug-likeness (QED) is 0.379.